The van der Waals surface area contributed by atoms with Crippen molar-refractivity contribution in [3.8, 4) is 0 Å². The van der Waals surface area contributed by atoms with Crippen LogP contribution >= 0.6 is 0 Å². The van der Waals surface area contributed by atoms with Gasteiger partial charge in [-0.1, -0.05) is 13.3 Å². The Hall–Kier alpha value is -0.830. The summed E-state index contributed by atoms with van der Waals surface area (Å²) in [5.74, 6) is -0.131. The van der Waals surface area contributed by atoms with E-state index in [9.17, 15) is 9.90 Å². The highest BCUT2D eigenvalue weighted by molar-refractivity contribution is 5.96. The fourth-order valence-electron chi connectivity index (χ4n) is 1.30. The third-order valence-electron chi connectivity index (χ3n) is 1.91. The Morgan fingerprint density at radius 2 is 2.33 bits per heavy atom. The average molecular weight is 169 g/mol. The lowest BCUT2D eigenvalue weighted by molar-refractivity contribution is -0.120. The second-order valence-electron chi connectivity index (χ2n) is 3.37. The molecule has 0 aromatic carbocycles. The van der Waals surface area contributed by atoms with Gasteiger partial charge in [-0.2, -0.15) is 0 Å². The minimum atomic E-state index is -1.12. The molecule has 0 aromatic rings. The minimum Gasteiger partial charge on any atom is -0.368 e. The first-order valence-corrected chi connectivity index (χ1v) is 4.32. The molecule has 0 fully saturated rings. The maximum absolute atomic E-state index is 11.2. The van der Waals surface area contributed by atoms with E-state index >= 15 is 0 Å². The third-order valence-corrected chi connectivity index (χ3v) is 1.91. The highest BCUT2D eigenvalue weighted by Gasteiger charge is 2.29. The van der Waals surface area contributed by atoms with Gasteiger partial charge in [-0.15, -0.1) is 0 Å². The molecule has 3 nitrogen and oxygen atoms in total. The Kier molecular flexibility index (Phi) is 2.52. The molecule has 1 heterocycles. The Morgan fingerprint density at radius 1 is 1.67 bits per heavy atom. The summed E-state index contributed by atoms with van der Waals surface area (Å²) in [6.07, 6.45) is 4.42. The number of rotatable bonds is 3. The number of carbonyl (C=O) groups is 1. The number of unbranched alkanes of at least 4 members (excludes halogenated alkanes) is 1. The first-order valence-electron chi connectivity index (χ1n) is 4.32. The molecule has 1 atom stereocenters. The molecule has 1 amide bonds. The van der Waals surface area contributed by atoms with Crippen molar-refractivity contribution < 1.29 is 9.90 Å². The summed E-state index contributed by atoms with van der Waals surface area (Å²) in [4.78, 5) is 11.2. The highest BCUT2D eigenvalue weighted by Crippen LogP contribution is 2.18. The summed E-state index contributed by atoms with van der Waals surface area (Å²) in [5, 5.41) is 11.9. The molecule has 1 rings (SSSR count). The van der Waals surface area contributed by atoms with Gasteiger partial charge in [-0.25, -0.2) is 0 Å². The fourth-order valence-corrected chi connectivity index (χ4v) is 1.30. The maximum atomic E-state index is 11.2. The summed E-state index contributed by atoms with van der Waals surface area (Å²) in [6, 6.07) is 0. The molecule has 2 N–H and O–H groups in total. The lowest BCUT2D eigenvalue weighted by Crippen LogP contribution is -2.38. The largest absolute Gasteiger partial charge is 0.368 e. The van der Waals surface area contributed by atoms with Crippen LogP contribution in [-0.2, 0) is 4.79 Å². The molecular weight excluding hydrogens is 154 g/mol. The monoisotopic (exact) mass is 169 g/mol. The van der Waals surface area contributed by atoms with Crippen LogP contribution in [0.1, 0.15) is 33.1 Å². The highest BCUT2D eigenvalue weighted by atomic mass is 16.3. The lowest BCUT2D eigenvalue weighted by atomic mass is 10.1. The molecule has 12 heavy (non-hydrogen) atoms. The van der Waals surface area contributed by atoms with Crippen molar-refractivity contribution in [2.45, 2.75) is 38.8 Å². The van der Waals surface area contributed by atoms with Crippen molar-refractivity contribution in [1.29, 1.82) is 0 Å². The van der Waals surface area contributed by atoms with Gasteiger partial charge in [-0.3, -0.25) is 4.79 Å². The van der Waals surface area contributed by atoms with Crippen molar-refractivity contribution in [3.05, 3.63) is 11.6 Å². The van der Waals surface area contributed by atoms with E-state index in [1.807, 2.05) is 0 Å². The minimum absolute atomic E-state index is 0.131. The van der Waals surface area contributed by atoms with E-state index in [0.717, 1.165) is 19.3 Å². The Balaban J connectivity index is 2.58. The number of aliphatic hydroxyl groups is 1. The van der Waals surface area contributed by atoms with Gasteiger partial charge in [0, 0.05) is 5.57 Å². The number of carbonyl (C=O) groups excluding carboxylic acids is 1. The molecular formula is C9H15NO2. The van der Waals surface area contributed by atoms with Gasteiger partial charge >= 0.3 is 0 Å². The van der Waals surface area contributed by atoms with Gasteiger partial charge in [0.2, 0.25) is 5.91 Å². The number of nitrogens with one attached hydrogen (secondary N) is 1. The van der Waals surface area contributed by atoms with Crippen LogP contribution in [-0.4, -0.2) is 16.7 Å². The second kappa shape index (κ2) is 3.27. The fraction of sp³-hybridized carbons (Fsp3) is 0.667. The molecule has 0 radical (unpaired) electrons. The van der Waals surface area contributed by atoms with Crippen molar-refractivity contribution >= 4 is 5.91 Å². The quantitative estimate of drug-likeness (QED) is 0.660. The predicted molar refractivity (Wildman–Crippen MR) is 46.4 cm³/mol. The van der Waals surface area contributed by atoms with Crippen LogP contribution in [0, 0.1) is 0 Å². The third kappa shape index (κ3) is 2.08. The van der Waals surface area contributed by atoms with Gasteiger partial charge in [0.15, 0.2) is 5.72 Å². The Labute approximate surface area is 72.5 Å². The first kappa shape index (κ1) is 9.26. The summed E-state index contributed by atoms with van der Waals surface area (Å²) < 4.78 is 0. The predicted octanol–water partition coefficient (Wildman–Crippen LogP) is 0.941. The van der Waals surface area contributed by atoms with Gasteiger partial charge in [0.1, 0.15) is 0 Å². The van der Waals surface area contributed by atoms with E-state index in [1.165, 1.54) is 0 Å². The van der Waals surface area contributed by atoms with E-state index in [2.05, 4.69) is 12.2 Å². The smallest absolute Gasteiger partial charge is 0.249 e. The van der Waals surface area contributed by atoms with Crippen LogP contribution in [0.4, 0.5) is 0 Å². The van der Waals surface area contributed by atoms with E-state index < -0.39 is 5.72 Å². The molecule has 0 bridgehead atoms. The molecule has 3 heteroatoms. The van der Waals surface area contributed by atoms with Gasteiger partial charge in [0.25, 0.3) is 0 Å². The van der Waals surface area contributed by atoms with Crippen LogP contribution in [0.5, 0.6) is 0 Å². The lowest BCUT2D eigenvalue weighted by Gasteiger charge is -2.12. The molecule has 1 unspecified atom stereocenters. The summed E-state index contributed by atoms with van der Waals surface area (Å²) in [7, 11) is 0. The number of hydrogen-bond acceptors (Lipinski definition) is 2. The zero-order valence-corrected chi connectivity index (χ0v) is 7.55. The average Bonchev–Trinajstić information content (AvgIpc) is 2.20. The Bertz CT molecular complexity index is 219. The molecule has 0 saturated carbocycles. The molecule has 0 aromatic heterocycles. The Morgan fingerprint density at radius 3 is 2.75 bits per heavy atom. The summed E-state index contributed by atoms with van der Waals surface area (Å²) >= 11 is 0. The zero-order chi connectivity index (χ0) is 9.19. The molecule has 0 spiro atoms. The molecule has 1 aliphatic rings. The van der Waals surface area contributed by atoms with Crippen LogP contribution in [0.15, 0.2) is 11.6 Å². The van der Waals surface area contributed by atoms with Crippen molar-refractivity contribution in [2.75, 3.05) is 0 Å². The number of amides is 1. The molecule has 1 aliphatic heterocycles. The zero-order valence-electron chi connectivity index (χ0n) is 7.55. The van der Waals surface area contributed by atoms with Crippen LogP contribution in [0.25, 0.3) is 0 Å². The van der Waals surface area contributed by atoms with Crippen LogP contribution in [0.2, 0.25) is 0 Å². The summed E-state index contributed by atoms with van der Waals surface area (Å²) in [6.45, 7) is 3.65. The second-order valence-corrected chi connectivity index (χ2v) is 3.37. The molecule has 0 aliphatic carbocycles. The van der Waals surface area contributed by atoms with E-state index in [1.54, 1.807) is 13.0 Å². The maximum Gasteiger partial charge on any atom is 0.249 e. The van der Waals surface area contributed by atoms with Gasteiger partial charge in [0.05, 0.1) is 0 Å². The van der Waals surface area contributed by atoms with E-state index in [4.69, 9.17) is 0 Å². The first-order chi connectivity index (χ1) is 5.55. The van der Waals surface area contributed by atoms with E-state index in [0.29, 0.717) is 5.57 Å². The normalized spacial score (nSPS) is 28.6. The van der Waals surface area contributed by atoms with Gasteiger partial charge < -0.3 is 10.4 Å². The molecule has 0 saturated heterocycles. The van der Waals surface area contributed by atoms with Crippen molar-refractivity contribution in [2.24, 2.45) is 0 Å². The van der Waals surface area contributed by atoms with Crippen LogP contribution in [0.3, 0.4) is 0 Å². The molecule has 68 valence electrons. The number of hydrogen-bond donors (Lipinski definition) is 2. The van der Waals surface area contributed by atoms with Gasteiger partial charge in [-0.05, 0) is 25.8 Å². The topological polar surface area (TPSA) is 49.3 Å². The SMILES string of the molecule is CCCCC1=CC(C)(O)NC1=O. The van der Waals surface area contributed by atoms with Crippen molar-refractivity contribution in [1.82, 2.24) is 5.32 Å². The summed E-state index contributed by atoms with van der Waals surface area (Å²) in [5.41, 5.74) is -0.415. The van der Waals surface area contributed by atoms with Crippen LogP contribution < -0.4 is 5.32 Å². The standard InChI is InChI=1S/C9H15NO2/c1-3-4-5-7-6-9(2,12)10-8(7)11/h6,12H,3-5H2,1-2H3,(H,10,11). The van der Waals surface area contributed by atoms with E-state index in [-0.39, 0.29) is 5.91 Å². The van der Waals surface area contributed by atoms with Crippen molar-refractivity contribution in [3.63, 3.8) is 0 Å².